The molecule has 7 nitrogen and oxygen atoms in total. The van der Waals surface area contributed by atoms with Crippen LogP contribution in [0.5, 0.6) is 0 Å². The molecule has 0 aliphatic carbocycles. The van der Waals surface area contributed by atoms with Crippen LogP contribution in [-0.4, -0.2) is 39.1 Å². The molecule has 2 amide bonds. The second kappa shape index (κ2) is 6.84. The van der Waals surface area contributed by atoms with Crippen LogP contribution in [0, 0.1) is 5.82 Å². The SMILES string of the molecule is CN1N=C(C(=O)NC(c2cccc(F)c2)c2nccn2C)CCC1=O. The van der Waals surface area contributed by atoms with Crippen molar-refractivity contribution in [2.45, 2.75) is 18.9 Å². The summed E-state index contributed by atoms with van der Waals surface area (Å²) in [5.74, 6) is -0.370. The van der Waals surface area contributed by atoms with E-state index in [4.69, 9.17) is 0 Å². The number of aryl methyl sites for hydroxylation is 1. The minimum Gasteiger partial charge on any atom is -0.337 e. The fourth-order valence-electron chi connectivity index (χ4n) is 2.69. The Morgan fingerprint density at radius 2 is 2.12 bits per heavy atom. The highest BCUT2D eigenvalue weighted by atomic mass is 19.1. The number of nitrogens with one attached hydrogen (secondary N) is 1. The molecule has 0 radical (unpaired) electrons. The highest BCUT2D eigenvalue weighted by Gasteiger charge is 2.26. The lowest BCUT2D eigenvalue weighted by Gasteiger charge is -2.22. The van der Waals surface area contributed by atoms with Crippen LogP contribution in [0.1, 0.15) is 30.3 Å². The third kappa shape index (κ3) is 3.57. The van der Waals surface area contributed by atoms with Crippen LogP contribution in [0.15, 0.2) is 41.8 Å². The van der Waals surface area contributed by atoms with E-state index in [9.17, 15) is 14.0 Å². The van der Waals surface area contributed by atoms with Gasteiger partial charge in [0.1, 0.15) is 23.4 Å². The van der Waals surface area contributed by atoms with Gasteiger partial charge in [0.15, 0.2) is 0 Å². The fourth-order valence-corrected chi connectivity index (χ4v) is 2.69. The van der Waals surface area contributed by atoms with Gasteiger partial charge in [-0.3, -0.25) is 9.59 Å². The molecule has 8 heteroatoms. The van der Waals surface area contributed by atoms with E-state index in [1.165, 1.54) is 19.2 Å². The number of carbonyl (C=O) groups excluding carboxylic acids is 2. The number of carbonyl (C=O) groups is 2. The molecule has 25 heavy (non-hydrogen) atoms. The van der Waals surface area contributed by atoms with Crippen molar-refractivity contribution in [2.24, 2.45) is 12.1 Å². The number of imidazole rings is 1. The van der Waals surface area contributed by atoms with Crippen LogP contribution >= 0.6 is 0 Å². The minimum absolute atomic E-state index is 0.137. The Balaban J connectivity index is 1.91. The normalized spacial score (nSPS) is 15.7. The Bertz CT molecular complexity index is 845. The van der Waals surface area contributed by atoms with Crippen LogP contribution in [0.2, 0.25) is 0 Å². The summed E-state index contributed by atoms with van der Waals surface area (Å²) in [5.41, 5.74) is 0.834. The summed E-state index contributed by atoms with van der Waals surface area (Å²) in [6.07, 6.45) is 3.86. The number of hydrogen-bond acceptors (Lipinski definition) is 4. The van der Waals surface area contributed by atoms with E-state index in [-0.39, 0.29) is 24.5 Å². The van der Waals surface area contributed by atoms with Gasteiger partial charge in [-0.15, -0.1) is 0 Å². The third-order valence-electron chi connectivity index (χ3n) is 4.04. The van der Waals surface area contributed by atoms with E-state index in [1.54, 1.807) is 36.1 Å². The van der Waals surface area contributed by atoms with Gasteiger partial charge in [0.25, 0.3) is 5.91 Å². The average molecular weight is 343 g/mol. The average Bonchev–Trinajstić information content (AvgIpc) is 3.00. The molecular formula is C17H18FN5O2. The number of hydrogen-bond donors (Lipinski definition) is 1. The van der Waals surface area contributed by atoms with E-state index in [2.05, 4.69) is 15.4 Å². The molecule has 0 fully saturated rings. The highest BCUT2D eigenvalue weighted by Crippen LogP contribution is 2.21. The molecule has 2 heterocycles. The molecule has 1 N–H and O–H groups in total. The fraction of sp³-hybridized carbons (Fsp3) is 0.294. The molecule has 1 aromatic heterocycles. The largest absolute Gasteiger partial charge is 0.337 e. The first-order chi connectivity index (χ1) is 12.0. The maximum absolute atomic E-state index is 13.6. The summed E-state index contributed by atoms with van der Waals surface area (Å²) in [7, 11) is 3.31. The Kier molecular flexibility index (Phi) is 4.60. The Morgan fingerprint density at radius 1 is 1.32 bits per heavy atom. The molecular weight excluding hydrogens is 325 g/mol. The molecule has 2 aromatic rings. The second-order valence-corrected chi connectivity index (χ2v) is 5.82. The van der Waals surface area contributed by atoms with Crippen molar-refractivity contribution in [1.29, 1.82) is 0 Å². The van der Waals surface area contributed by atoms with E-state index in [1.807, 2.05) is 0 Å². The van der Waals surface area contributed by atoms with Crippen LogP contribution in [0.25, 0.3) is 0 Å². The molecule has 1 unspecified atom stereocenters. The minimum atomic E-state index is -0.631. The topological polar surface area (TPSA) is 79.6 Å². The summed E-state index contributed by atoms with van der Waals surface area (Å²) in [5, 5.41) is 8.03. The summed E-state index contributed by atoms with van der Waals surface area (Å²) in [6.45, 7) is 0. The van der Waals surface area contributed by atoms with Gasteiger partial charge in [-0.1, -0.05) is 12.1 Å². The van der Waals surface area contributed by atoms with Crippen molar-refractivity contribution in [3.8, 4) is 0 Å². The second-order valence-electron chi connectivity index (χ2n) is 5.82. The van der Waals surface area contributed by atoms with E-state index in [0.717, 1.165) is 5.01 Å². The first-order valence-electron chi connectivity index (χ1n) is 7.83. The molecule has 3 rings (SSSR count). The molecule has 1 aliphatic heterocycles. The zero-order valence-corrected chi connectivity index (χ0v) is 13.9. The van der Waals surface area contributed by atoms with E-state index >= 15 is 0 Å². The predicted molar refractivity (Wildman–Crippen MR) is 89.0 cm³/mol. The number of benzene rings is 1. The van der Waals surface area contributed by atoms with Crippen LogP contribution in [-0.2, 0) is 16.6 Å². The number of aromatic nitrogens is 2. The standard InChI is InChI=1S/C17H18FN5O2/c1-22-9-8-19-16(22)15(11-4-3-5-12(18)10-11)20-17(25)13-6-7-14(24)23(2)21-13/h3-5,8-10,15H,6-7H2,1-2H3,(H,20,25). The maximum Gasteiger partial charge on any atom is 0.268 e. The lowest BCUT2D eigenvalue weighted by molar-refractivity contribution is -0.130. The van der Waals surface area contributed by atoms with Crippen molar-refractivity contribution in [2.75, 3.05) is 7.05 Å². The maximum atomic E-state index is 13.6. The number of nitrogens with zero attached hydrogens (tertiary/aromatic N) is 4. The number of rotatable bonds is 4. The molecule has 1 aliphatic rings. The number of hydrazone groups is 1. The predicted octanol–water partition coefficient (Wildman–Crippen LogP) is 1.37. The molecule has 1 atom stereocenters. The molecule has 130 valence electrons. The molecule has 0 saturated carbocycles. The summed E-state index contributed by atoms with van der Waals surface area (Å²) < 4.78 is 15.4. The van der Waals surface area contributed by atoms with Gasteiger partial charge in [-0.2, -0.15) is 5.10 Å². The van der Waals surface area contributed by atoms with E-state index in [0.29, 0.717) is 11.4 Å². The van der Waals surface area contributed by atoms with Crippen LogP contribution in [0.3, 0.4) is 0 Å². The first kappa shape index (κ1) is 16.8. The van der Waals surface area contributed by atoms with Gasteiger partial charge in [0.05, 0.1) is 0 Å². The lowest BCUT2D eigenvalue weighted by Crippen LogP contribution is -2.40. The smallest absolute Gasteiger partial charge is 0.268 e. The number of halogens is 1. The van der Waals surface area contributed by atoms with Gasteiger partial charge in [0.2, 0.25) is 5.91 Å². The van der Waals surface area contributed by atoms with E-state index < -0.39 is 17.8 Å². The highest BCUT2D eigenvalue weighted by molar-refractivity contribution is 6.39. The van der Waals surface area contributed by atoms with Crippen molar-refractivity contribution in [3.63, 3.8) is 0 Å². The van der Waals surface area contributed by atoms with Crippen LogP contribution < -0.4 is 5.32 Å². The third-order valence-corrected chi connectivity index (χ3v) is 4.04. The summed E-state index contributed by atoms with van der Waals surface area (Å²) >= 11 is 0. The van der Waals surface area contributed by atoms with Crippen molar-refractivity contribution >= 4 is 17.5 Å². The van der Waals surface area contributed by atoms with Crippen molar-refractivity contribution in [3.05, 3.63) is 53.9 Å². The summed E-state index contributed by atoms with van der Waals surface area (Å²) in [4.78, 5) is 28.4. The van der Waals surface area contributed by atoms with Gasteiger partial charge >= 0.3 is 0 Å². The Labute approximate surface area is 144 Å². The zero-order valence-electron chi connectivity index (χ0n) is 13.9. The van der Waals surface area contributed by atoms with Gasteiger partial charge in [-0.25, -0.2) is 14.4 Å². The Morgan fingerprint density at radius 3 is 2.76 bits per heavy atom. The van der Waals surface area contributed by atoms with Gasteiger partial charge in [0, 0.05) is 39.3 Å². The Hall–Kier alpha value is -3.03. The van der Waals surface area contributed by atoms with Crippen molar-refractivity contribution < 1.29 is 14.0 Å². The number of amides is 2. The molecule has 1 aromatic carbocycles. The molecule has 0 spiro atoms. The lowest BCUT2D eigenvalue weighted by atomic mass is 10.0. The van der Waals surface area contributed by atoms with Crippen molar-refractivity contribution in [1.82, 2.24) is 19.9 Å². The monoisotopic (exact) mass is 343 g/mol. The van der Waals surface area contributed by atoms with Crippen LogP contribution in [0.4, 0.5) is 4.39 Å². The quantitative estimate of drug-likeness (QED) is 0.911. The zero-order chi connectivity index (χ0) is 18.0. The van der Waals surface area contributed by atoms with Gasteiger partial charge < -0.3 is 9.88 Å². The first-order valence-corrected chi connectivity index (χ1v) is 7.83. The van der Waals surface area contributed by atoms with Gasteiger partial charge in [-0.05, 0) is 17.7 Å². The molecule has 0 bridgehead atoms. The molecule has 0 saturated heterocycles. The summed E-state index contributed by atoms with van der Waals surface area (Å²) in [6, 6.07) is 5.37.